The predicted molar refractivity (Wildman–Crippen MR) is 88.6 cm³/mol. The first-order valence-electron chi connectivity index (χ1n) is 8.24. The molecule has 1 heterocycles. The second-order valence-corrected chi connectivity index (χ2v) is 6.46. The molecule has 0 fully saturated rings. The van der Waals surface area contributed by atoms with Crippen LogP contribution < -0.4 is 10.6 Å². The summed E-state index contributed by atoms with van der Waals surface area (Å²) in [7, 11) is 0. The van der Waals surface area contributed by atoms with Gasteiger partial charge in [-0.2, -0.15) is 0 Å². The SMILES string of the molecule is CC(C)CC(=O)N1CCCc2cc(CCCCN)ccc21. The van der Waals surface area contributed by atoms with Crippen LogP contribution in [-0.2, 0) is 17.6 Å². The molecule has 1 aliphatic heterocycles. The zero-order valence-corrected chi connectivity index (χ0v) is 13.4. The Bertz CT molecular complexity index is 482. The average molecular weight is 288 g/mol. The van der Waals surface area contributed by atoms with Crippen LogP contribution in [0.1, 0.15) is 50.7 Å². The van der Waals surface area contributed by atoms with Gasteiger partial charge in [0.05, 0.1) is 0 Å². The third-order valence-electron chi connectivity index (χ3n) is 4.07. The van der Waals surface area contributed by atoms with Crippen molar-refractivity contribution in [3.8, 4) is 0 Å². The highest BCUT2D eigenvalue weighted by Gasteiger charge is 2.22. The van der Waals surface area contributed by atoms with E-state index in [9.17, 15) is 4.79 Å². The largest absolute Gasteiger partial charge is 0.330 e. The van der Waals surface area contributed by atoms with Crippen LogP contribution in [0.2, 0.25) is 0 Å². The van der Waals surface area contributed by atoms with E-state index in [1.54, 1.807) is 0 Å². The molecule has 0 spiro atoms. The normalized spacial score (nSPS) is 14.4. The van der Waals surface area contributed by atoms with Crippen LogP contribution in [0.5, 0.6) is 0 Å². The topological polar surface area (TPSA) is 46.3 Å². The van der Waals surface area contributed by atoms with Gasteiger partial charge in [-0.1, -0.05) is 26.0 Å². The van der Waals surface area contributed by atoms with E-state index in [0.29, 0.717) is 12.3 Å². The van der Waals surface area contributed by atoms with Gasteiger partial charge in [-0.25, -0.2) is 0 Å². The average Bonchev–Trinajstić information content (AvgIpc) is 2.46. The van der Waals surface area contributed by atoms with E-state index in [4.69, 9.17) is 5.73 Å². The maximum atomic E-state index is 12.4. The van der Waals surface area contributed by atoms with Crippen LogP contribution in [0.15, 0.2) is 18.2 Å². The molecule has 2 N–H and O–H groups in total. The standard InChI is InChI=1S/C18H28N2O/c1-14(2)12-18(21)20-11-5-7-16-13-15(6-3-4-10-19)8-9-17(16)20/h8-9,13-14H,3-7,10-12,19H2,1-2H3. The first-order valence-corrected chi connectivity index (χ1v) is 8.24. The molecule has 3 nitrogen and oxygen atoms in total. The molecule has 0 saturated heterocycles. The summed E-state index contributed by atoms with van der Waals surface area (Å²) in [6.45, 7) is 5.83. The Morgan fingerprint density at radius 2 is 2.14 bits per heavy atom. The number of carbonyl (C=O) groups is 1. The van der Waals surface area contributed by atoms with E-state index in [0.717, 1.165) is 50.9 Å². The van der Waals surface area contributed by atoms with E-state index >= 15 is 0 Å². The fourth-order valence-corrected chi connectivity index (χ4v) is 3.00. The lowest BCUT2D eigenvalue weighted by Gasteiger charge is -2.30. The van der Waals surface area contributed by atoms with Crippen molar-refractivity contribution in [1.82, 2.24) is 0 Å². The number of nitrogens with two attached hydrogens (primary N) is 1. The number of hydrogen-bond acceptors (Lipinski definition) is 2. The van der Waals surface area contributed by atoms with Crippen LogP contribution >= 0.6 is 0 Å². The molecule has 0 bridgehead atoms. The van der Waals surface area contributed by atoms with Crippen molar-refractivity contribution in [3.05, 3.63) is 29.3 Å². The third-order valence-corrected chi connectivity index (χ3v) is 4.07. The molecule has 1 aromatic carbocycles. The smallest absolute Gasteiger partial charge is 0.227 e. The fourth-order valence-electron chi connectivity index (χ4n) is 3.00. The molecule has 3 heteroatoms. The molecule has 1 amide bonds. The first kappa shape index (κ1) is 16.0. The number of hydrogen-bond donors (Lipinski definition) is 1. The van der Waals surface area contributed by atoms with Gasteiger partial charge in [0.25, 0.3) is 0 Å². The number of amides is 1. The third kappa shape index (κ3) is 4.31. The van der Waals surface area contributed by atoms with Gasteiger partial charge < -0.3 is 10.6 Å². The number of carbonyl (C=O) groups excluding carboxylic acids is 1. The summed E-state index contributed by atoms with van der Waals surface area (Å²) in [6, 6.07) is 6.61. The van der Waals surface area contributed by atoms with Gasteiger partial charge in [0.15, 0.2) is 0 Å². The minimum absolute atomic E-state index is 0.266. The minimum Gasteiger partial charge on any atom is -0.330 e. The number of aryl methyl sites for hydroxylation is 2. The maximum absolute atomic E-state index is 12.4. The van der Waals surface area contributed by atoms with Crippen molar-refractivity contribution in [2.24, 2.45) is 11.7 Å². The Morgan fingerprint density at radius 3 is 2.86 bits per heavy atom. The minimum atomic E-state index is 0.266. The lowest BCUT2D eigenvalue weighted by atomic mass is 9.96. The Hall–Kier alpha value is -1.35. The monoisotopic (exact) mass is 288 g/mol. The first-order chi connectivity index (χ1) is 10.1. The van der Waals surface area contributed by atoms with E-state index in [1.807, 2.05) is 4.90 Å². The molecule has 2 rings (SSSR count). The van der Waals surface area contributed by atoms with E-state index < -0.39 is 0 Å². The van der Waals surface area contributed by atoms with Gasteiger partial charge in [0.2, 0.25) is 5.91 Å². The maximum Gasteiger partial charge on any atom is 0.227 e. The number of nitrogens with zero attached hydrogens (tertiary/aromatic N) is 1. The molecule has 116 valence electrons. The summed E-state index contributed by atoms with van der Waals surface area (Å²) in [5, 5.41) is 0. The molecular weight excluding hydrogens is 260 g/mol. The lowest BCUT2D eigenvalue weighted by molar-refractivity contribution is -0.119. The van der Waals surface area contributed by atoms with Crippen LogP contribution in [-0.4, -0.2) is 19.0 Å². The molecule has 0 aromatic heterocycles. The summed E-state index contributed by atoms with van der Waals surface area (Å²) in [6.07, 6.45) is 6.11. The Balaban J connectivity index is 2.10. The van der Waals surface area contributed by atoms with Gasteiger partial charge in [0, 0.05) is 18.7 Å². The highest BCUT2D eigenvalue weighted by Crippen LogP contribution is 2.29. The second kappa shape index (κ2) is 7.60. The van der Waals surface area contributed by atoms with Crippen LogP contribution in [0, 0.1) is 5.92 Å². The van der Waals surface area contributed by atoms with E-state index in [-0.39, 0.29) is 5.91 Å². The van der Waals surface area contributed by atoms with Crippen LogP contribution in [0.3, 0.4) is 0 Å². The van der Waals surface area contributed by atoms with Gasteiger partial charge >= 0.3 is 0 Å². The molecule has 0 unspecified atom stereocenters. The zero-order valence-electron chi connectivity index (χ0n) is 13.4. The molecule has 21 heavy (non-hydrogen) atoms. The van der Waals surface area contributed by atoms with Crippen molar-refractivity contribution in [2.45, 2.75) is 52.4 Å². The number of benzene rings is 1. The van der Waals surface area contributed by atoms with Crippen molar-refractivity contribution < 1.29 is 4.79 Å². The fraction of sp³-hybridized carbons (Fsp3) is 0.611. The summed E-state index contributed by atoms with van der Waals surface area (Å²) in [4.78, 5) is 14.4. The molecule has 0 aliphatic carbocycles. The van der Waals surface area contributed by atoms with E-state index in [1.165, 1.54) is 11.1 Å². The van der Waals surface area contributed by atoms with Crippen molar-refractivity contribution in [3.63, 3.8) is 0 Å². The van der Waals surface area contributed by atoms with Gasteiger partial charge in [-0.15, -0.1) is 0 Å². The van der Waals surface area contributed by atoms with Gasteiger partial charge in [0.1, 0.15) is 0 Å². The molecule has 1 aliphatic rings. The van der Waals surface area contributed by atoms with Gasteiger partial charge in [-0.3, -0.25) is 4.79 Å². The van der Waals surface area contributed by atoms with Crippen molar-refractivity contribution >= 4 is 11.6 Å². The highest BCUT2D eigenvalue weighted by molar-refractivity contribution is 5.94. The summed E-state index contributed by atoms with van der Waals surface area (Å²) in [5.41, 5.74) is 9.40. The number of unbranched alkanes of at least 4 members (excludes halogenated alkanes) is 1. The predicted octanol–water partition coefficient (Wildman–Crippen LogP) is 3.29. The van der Waals surface area contributed by atoms with Crippen molar-refractivity contribution in [1.29, 1.82) is 0 Å². The van der Waals surface area contributed by atoms with Gasteiger partial charge in [-0.05, 0) is 61.8 Å². The van der Waals surface area contributed by atoms with Crippen LogP contribution in [0.25, 0.3) is 0 Å². The summed E-state index contributed by atoms with van der Waals surface area (Å²) in [5.74, 6) is 0.681. The van der Waals surface area contributed by atoms with Crippen LogP contribution in [0.4, 0.5) is 5.69 Å². The second-order valence-electron chi connectivity index (χ2n) is 6.46. The Kier molecular flexibility index (Phi) is 5.80. The summed E-state index contributed by atoms with van der Waals surface area (Å²) >= 11 is 0. The molecular formula is C18H28N2O. The highest BCUT2D eigenvalue weighted by atomic mass is 16.2. The molecule has 0 radical (unpaired) electrons. The number of fused-ring (bicyclic) bond motifs is 1. The molecule has 0 saturated carbocycles. The number of anilines is 1. The van der Waals surface area contributed by atoms with E-state index in [2.05, 4.69) is 32.0 Å². The molecule has 0 atom stereocenters. The van der Waals surface area contributed by atoms with Crippen molar-refractivity contribution in [2.75, 3.05) is 18.0 Å². The Morgan fingerprint density at radius 1 is 1.33 bits per heavy atom. The summed E-state index contributed by atoms with van der Waals surface area (Å²) < 4.78 is 0. The Labute approximate surface area is 128 Å². The molecule has 1 aromatic rings. The quantitative estimate of drug-likeness (QED) is 0.816. The zero-order chi connectivity index (χ0) is 15.2. The number of rotatable bonds is 6. The lowest BCUT2D eigenvalue weighted by Crippen LogP contribution is -2.36.